The molecule has 1 aromatic heterocycles. The molecule has 2 aliphatic rings. The van der Waals surface area contributed by atoms with Crippen LogP contribution in [0, 0.1) is 0 Å². The molecule has 5 rings (SSSR count). The first kappa shape index (κ1) is 21.9. The Balaban J connectivity index is 1.51. The van der Waals surface area contributed by atoms with E-state index in [0.29, 0.717) is 18.7 Å². The Morgan fingerprint density at radius 2 is 1.94 bits per heavy atom. The van der Waals surface area contributed by atoms with Crippen LogP contribution in [0.4, 0.5) is 13.2 Å². The molecule has 0 saturated carbocycles. The predicted molar refractivity (Wildman–Crippen MR) is 117 cm³/mol. The maximum absolute atomic E-state index is 12.9. The fourth-order valence-corrected chi connectivity index (χ4v) is 5.16. The van der Waals surface area contributed by atoms with Gasteiger partial charge in [0.05, 0.1) is 30.1 Å². The Morgan fingerprint density at radius 1 is 1.09 bits per heavy atom. The van der Waals surface area contributed by atoms with Crippen LogP contribution in [-0.4, -0.2) is 35.1 Å². The molecule has 2 fully saturated rings. The van der Waals surface area contributed by atoms with Gasteiger partial charge in [-0.3, -0.25) is 9.97 Å². The van der Waals surface area contributed by atoms with Crippen LogP contribution < -0.4 is 10.1 Å². The number of ether oxygens (including phenoxy) is 2. The Morgan fingerprint density at radius 3 is 2.70 bits per heavy atom. The van der Waals surface area contributed by atoms with Gasteiger partial charge in [-0.2, -0.15) is 0 Å². The van der Waals surface area contributed by atoms with Crippen LogP contribution in [0.1, 0.15) is 42.3 Å². The molecule has 8 heteroatoms. The van der Waals surface area contributed by atoms with Crippen molar-refractivity contribution in [2.24, 2.45) is 0 Å². The fraction of sp³-hybridized carbons (Fsp3) is 0.360. The number of benzene rings is 2. The smallest absolute Gasteiger partial charge is 0.406 e. The fourth-order valence-electron chi connectivity index (χ4n) is 5.16. The predicted octanol–water partition coefficient (Wildman–Crippen LogP) is 5.41. The summed E-state index contributed by atoms with van der Waals surface area (Å²) in [4.78, 5) is 8.50. The van der Waals surface area contributed by atoms with Crippen molar-refractivity contribution in [1.82, 2.24) is 15.3 Å². The second kappa shape index (κ2) is 8.76. The zero-order valence-electron chi connectivity index (χ0n) is 17.9. The minimum absolute atomic E-state index is 0.0204. The molecule has 0 amide bonds. The standard InChI is InChI=1S/C25H24F3N3O2/c26-25(27,28)33-19-7-8-20(22-15-29-11-12-30-22)21(13-19)18-14-24(32-16-18)9-4-10-31-23(24)17-5-2-1-3-6-17/h1-3,5-8,11-13,15,18,23,31H,4,9-10,14,16H2/t18-,23+,24-/m1/s1. The molecule has 33 heavy (non-hydrogen) atoms. The molecule has 1 N–H and O–H groups in total. The van der Waals surface area contributed by atoms with E-state index in [-0.39, 0.29) is 17.7 Å². The minimum atomic E-state index is -4.76. The highest BCUT2D eigenvalue weighted by atomic mass is 19.4. The van der Waals surface area contributed by atoms with Crippen molar-refractivity contribution in [3.05, 3.63) is 78.2 Å². The van der Waals surface area contributed by atoms with Gasteiger partial charge in [-0.25, -0.2) is 0 Å². The summed E-state index contributed by atoms with van der Waals surface area (Å²) in [5, 5.41) is 3.61. The van der Waals surface area contributed by atoms with E-state index in [4.69, 9.17) is 4.74 Å². The lowest BCUT2D eigenvalue weighted by molar-refractivity contribution is -0.274. The van der Waals surface area contributed by atoms with E-state index in [1.165, 1.54) is 12.1 Å². The molecule has 2 aromatic carbocycles. The van der Waals surface area contributed by atoms with Crippen molar-refractivity contribution >= 4 is 0 Å². The molecular formula is C25H24F3N3O2. The third-order valence-electron chi connectivity index (χ3n) is 6.48. The number of piperidine rings is 1. The molecule has 2 aliphatic heterocycles. The number of nitrogens with zero attached hydrogens (tertiary/aromatic N) is 2. The minimum Gasteiger partial charge on any atom is -0.406 e. The van der Waals surface area contributed by atoms with Crippen molar-refractivity contribution in [3.8, 4) is 17.0 Å². The van der Waals surface area contributed by atoms with Gasteiger partial charge in [-0.05, 0) is 55.1 Å². The quantitative estimate of drug-likeness (QED) is 0.570. The van der Waals surface area contributed by atoms with E-state index in [1.54, 1.807) is 24.7 Å². The Labute approximate surface area is 190 Å². The molecular weight excluding hydrogens is 431 g/mol. The van der Waals surface area contributed by atoms with Crippen LogP contribution in [0.5, 0.6) is 5.75 Å². The number of halogens is 3. The SMILES string of the molecule is FC(F)(F)Oc1ccc(-c2cnccn2)c([C@H]2CO[C@]3(CCCN[C@H]3c3ccccc3)C2)c1. The van der Waals surface area contributed by atoms with Gasteiger partial charge in [0.25, 0.3) is 0 Å². The lowest BCUT2D eigenvalue weighted by Gasteiger charge is -2.41. The lowest BCUT2D eigenvalue weighted by Crippen LogP contribution is -2.48. The van der Waals surface area contributed by atoms with Crippen LogP contribution in [0.25, 0.3) is 11.3 Å². The summed E-state index contributed by atoms with van der Waals surface area (Å²) in [5.74, 6) is -0.350. The first-order valence-corrected chi connectivity index (χ1v) is 11.0. The van der Waals surface area contributed by atoms with Crippen LogP contribution in [0.15, 0.2) is 67.1 Å². The first-order chi connectivity index (χ1) is 15.9. The zero-order chi connectivity index (χ0) is 22.9. The molecule has 0 aliphatic carbocycles. The van der Waals surface area contributed by atoms with E-state index in [0.717, 1.165) is 36.1 Å². The lowest BCUT2D eigenvalue weighted by atomic mass is 9.76. The molecule has 0 radical (unpaired) electrons. The van der Waals surface area contributed by atoms with Gasteiger partial charge in [0, 0.05) is 23.9 Å². The van der Waals surface area contributed by atoms with Gasteiger partial charge in [-0.1, -0.05) is 30.3 Å². The third kappa shape index (κ3) is 4.58. The Kier molecular flexibility index (Phi) is 5.80. The Hall–Kier alpha value is -2.97. The second-order valence-electron chi connectivity index (χ2n) is 8.57. The number of alkyl halides is 3. The summed E-state index contributed by atoms with van der Waals surface area (Å²) in [5.41, 5.74) is 2.80. The topological polar surface area (TPSA) is 56.3 Å². The van der Waals surface area contributed by atoms with Gasteiger partial charge in [-0.15, -0.1) is 13.2 Å². The average Bonchev–Trinajstić information content (AvgIpc) is 3.23. The van der Waals surface area contributed by atoms with E-state index in [2.05, 4.69) is 32.2 Å². The molecule has 172 valence electrons. The normalized spacial score (nSPS) is 25.3. The molecule has 5 nitrogen and oxygen atoms in total. The molecule has 3 heterocycles. The van der Waals surface area contributed by atoms with E-state index >= 15 is 0 Å². The van der Waals surface area contributed by atoms with Crippen molar-refractivity contribution in [3.63, 3.8) is 0 Å². The van der Waals surface area contributed by atoms with Gasteiger partial charge in [0.15, 0.2) is 0 Å². The maximum Gasteiger partial charge on any atom is 0.573 e. The first-order valence-electron chi connectivity index (χ1n) is 11.0. The monoisotopic (exact) mass is 455 g/mol. The van der Waals surface area contributed by atoms with Crippen molar-refractivity contribution in [2.45, 2.75) is 43.2 Å². The highest BCUT2D eigenvalue weighted by Crippen LogP contribution is 2.50. The summed E-state index contributed by atoms with van der Waals surface area (Å²) in [7, 11) is 0. The van der Waals surface area contributed by atoms with Gasteiger partial charge >= 0.3 is 6.36 Å². The molecule has 0 bridgehead atoms. The maximum atomic E-state index is 12.9. The van der Waals surface area contributed by atoms with Crippen molar-refractivity contribution < 1.29 is 22.6 Å². The molecule has 3 aromatic rings. The van der Waals surface area contributed by atoms with E-state index in [9.17, 15) is 13.2 Å². The number of aromatic nitrogens is 2. The van der Waals surface area contributed by atoms with Gasteiger partial charge < -0.3 is 14.8 Å². The summed E-state index contributed by atoms with van der Waals surface area (Å²) in [6.45, 7) is 1.31. The van der Waals surface area contributed by atoms with Gasteiger partial charge in [0.1, 0.15) is 5.75 Å². The summed E-state index contributed by atoms with van der Waals surface area (Å²) in [6, 6.07) is 14.6. The van der Waals surface area contributed by atoms with Crippen LogP contribution in [0.2, 0.25) is 0 Å². The highest BCUT2D eigenvalue weighted by Gasteiger charge is 2.49. The zero-order valence-corrected chi connectivity index (χ0v) is 17.9. The molecule has 3 atom stereocenters. The van der Waals surface area contributed by atoms with Crippen molar-refractivity contribution in [2.75, 3.05) is 13.2 Å². The van der Waals surface area contributed by atoms with Crippen LogP contribution in [-0.2, 0) is 4.74 Å². The number of hydrogen-bond acceptors (Lipinski definition) is 5. The summed E-state index contributed by atoms with van der Waals surface area (Å²) >= 11 is 0. The molecule has 2 saturated heterocycles. The largest absolute Gasteiger partial charge is 0.573 e. The van der Waals surface area contributed by atoms with E-state index < -0.39 is 12.0 Å². The second-order valence-corrected chi connectivity index (χ2v) is 8.57. The Bertz CT molecular complexity index is 1100. The molecule has 0 unspecified atom stereocenters. The van der Waals surface area contributed by atoms with Crippen LogP contribution >= 0.6 is 0 Å². The van der Waals surface area contributed by atoms with E-state index in [1.807, 2.05) is 18.2 Å². The van der Waals surface area contributed by atoms with Crippen molar-refractivity contribution in [1.29, 1.82) is 0 Å². The highest BCUT2D eigenvalue weighted by molar-refractivity contribution is 5.65. The average molecular weight is 455 g/mol. The summed E-state index contributed by atoms with van der Waals surface area (Å²) in [6.07, 6.45) is 2.54. The van der Waals surface area contributed by atoms with Gasteiger partial charge in [0.2, 0.25) is 0 Å². The number of hydrogen-bond donors (Lipinski definition) is 1. The van der Waals surface area contributed by atoms with Crippen LogP contribution in [0.3, 0.4) is 0 Å². The molecule has 1 spiro atoms. The summed E-state index contributed by atoms with van der Waals surface area (Å²) < 4.78 is 49.5. The number of nitrogens with one attached hydrogen (secondary N) is 1. The number of rotatable bonds is 4. The third-order valence-corrected chi connectivity index (χ3v) is 6.48.